The highest BCUT2D eigenvalue weighted by molar-refractivity contribution is 5.77. The fourth-order valence-electron chi connectivity index (χ4n) is 1.39. The van der Waals surface area contributed by atoms with E-state index in [-0.39, 0.29) is 18.4 Å². The average molecular weight is 276 g/mol. The molecule has 0 aliphatic carbocycles. The zero-order valence-corrected chi connectivity index (χ0v) is 13.0. The minimum Gasteiger partial charge on any atom is -0.371 e. The number of carbonyl (C=O) groups is 1. The van der Waals surface area contributed by atoms with Gasteiger partial charge in [0.2, 0.25) is 5.91 Å². The number of carbonyl (C=O) groups excluding carboxylic acids is 1. The molecule has 1 amide bonds. The van der Waals surface area contributed by atoms with Gasteiger partial charge in [-0.3, -0.25) is 4.79 Å². The Kier molecular flexibility index (Phi) is 8.18. The van der Waals surface area contributed by atoms with E-state index in [1.807, 2.05) is 13.8 Å². The highest BCUT2D eigenvalue weighted by atomic mass is 19.1. The van der Waals surface area contributed by atoms with E-state index in [0.29, 0.717) is 19.2 Å². The highest BCUT2D eigenvalue weighted by Crippen LogP contribution is 2.17. The smallest absolute Gasteiger partial charge is 0.222 e. The van der Waals surface area contributed by atoms with Gasteiger partial charge in [-0.1, -0.05) is 27.7 Å². The molecule has 4 nitrogen and oxygen atoms in total. The first-order valence-electron chi connectivity index (χ1n) is 6.96. The standard InChI is InChI=1S/C14H29FN2O2/c1-10(2)13(18)17-9-12(15)14(5,6)19-8-7-16-11(3)4/h10-12,16H,7-9H2,1-6H3,(H,17,18). The van der Waals surface area contributed by atoms with Crippen LogP contribution < -0.4 is 10.6 Å². The van der Waals surface area contributed by atoms with Gasteiger partial charge in [0.25, 0.3) is 0 Å². The SMILES string of the molecule is CC(C)NCCOC(C)(C)C(F)CNC(=O)C(C)C. The molecule has 0 saturated carbocycles. The summed E-state index contributed by atoms with van der Waals surface area (Å²) in [4.78, 5) is 11.4. The molecule has 1 atom stereocenters. The first kappa shape index (κ1) is 18.3. The number of halogens is 1. The maximum Gasteiger partial charge on any atom is 0.222 e. The van der Waals surface area contributed by atoms with E-state index in [1.165, 1.54) is 0 Å². The molecule has 0 aromatic rings. The first-order valence-corrected chi connectivity index (χ1v) is 6.96. The summed E-state index contributed by atoms with van der Waals surface area (Å²) in [5.41, 5.74) is -0.900. The Morgan fingerprint density at radius 2 is 1.84 bits per heavy atom. The average Bonchev–Trinajstić information content (AvgIpc) is 2.30. The number of nitrogens with one attached hydrogen (secondary N) is 2. The van der Waals surface area contributed by atoms with Crippen LogP contribution in [0.25, 0.3) is 0 Å². The predicted molar refractivity (Wildman–Crippen MR) is 75.9 cm³/mol. The summed E-state index contributed by atoms with van der Waals surface area (Å²) in [6, 6.07) is 0.387. The Labute approximate surface area is 116 Å². The third-order valence-corrected chi connectivity index (χ3v) is 2.86. The maximum absolute atomic E-state index is 14.0. The van der Waals surface area contributed by atoms with Gasteiger partial charge in [0.05, 0.1) is 18.8 Å². The van der Waals surface area contributed by atoms with Gasteiger partial charge in [-0.2, -0.15) is 0 Å². The molecule has 0 spiro atoms. The minimum atomic E-state index is -1.23. The van der Waals surface area contributed by atoms with E-state index < -0.39 is 11.8 Å². The number of hydrogen-bond donors (Lipinski definition) is 2. The zero-order chi connectivity index (χ0) is 15.1. The number of hydrogen-bond acceptors (Lipinski definition) is 3. The van der Waals surface area contributed by atoms with E-state index in [2.05, 4.69) is 10.6 Å². The van der Waals surface area contributed by atoms with Crippen LogP contribution in [0, 0.1) is 5.92 Å². The Morgan fingerprint density at radius 1 is 1.26 bits per heavy atom. The van der Waals surface area contributed by atoms with E-state index >= 15 is 0 Å². The molecule has 5 heteroatoms. The molecule has 0 radical (unpaired) electrons. The molecule has 0 rings (SSSR count). The molecule has 0 saturated heterocycles. The van der Waals surface area contributed by atoms with Crippen molar-refractivity contribution in [2.75, 3.05) is 19.7 Å². The van der Waals surface area contributed by atoms with Crippen molar-refractivity contribution in [3.8, 4) is 0 Å². The lowest BCUT2D eigenvalue weighted by Crippen LogP contribution is -2.45. The molecule has 0 heterocycles. The van der Waals surface area contributed by atoms with Gasteiger partial charge in [0.1, 0.15) is 6.17 Å². The van der Waals surface area contributed by atoms with Crippen molar-refractivity contribution in [3.63, 3.8) is 0 Å². The monoisotopic (exact) mass is 276 g/mol. The Morgan fingerprint density at radius 3 is 2.32 bits per heavy atom. The Bertz CT molecular complexity index is 268. The third kappa shape index (κ3) is 8.16. The lowest BCUT2D eigenvalue weighted by molar-refractivity contribution is -0.125. The molecular weight excluding hydrogens is 247 g/mol. The van der Waals surface area contributed by atoms with Crippen molar-refractivity contribution in [2.45, 2.75) is 59.4 Å². The van der Waals surface area contributed by atoms with Crippen molar-refractivity contribution in [1.82, 2.24) is 10.6 Å². The van der Waals surface area contributed by atoms with Crippen molar-refractivity contribution in [1.29, 1.82) is 0 Å². The summed E-state index contributed by atoms with van der Waals surface area (Å²) >= 11 is 0. The lowest BCUT2D eigenvalue weighted by atomic mass is 10.0. The van der Waals surface area contributed by atoms with Crippen molar-refractivity contribution in [3.05, 3.63) is 0 Å². The number of amides is 1. The molecular formula is C14H29FN2O2. The van der Waals surface area contributed by atoms with Crippen LogP contribution in [0.4, 0.5) is 4.39 Å². The molecule has 0 fully saturated rings. The second-order valence-electron chi connectivity index (χ2n) is 5.93. The highest BCUT2D eigenvalue weighted by Gasteiger charge is 2.30. The topological polar surface area (TPSA) is 50.4 Å². The quantitative estimate of drug-likeness (QED) is 0.632. The van der Waals surface area contributed by atoms with Crippen molar-refractivity contribution < 1.29 is 13.9 Å². The summed E-state index contributed by atoms with van der Waals surface area (Å²) < 4.78 is 19.6. The molecule has 2 N–H and O–H groups in total. The number of rotatable bonds is 9. The normalized spacial score (nSPS) is 13.9. The lowest BCUT2D eigenvalue weighted by Gasteiger charge is -2.29. The summed E-state index contributed by atoms with van der Waals surface area (Å²) in [6.45, 7) is 12.2. The fraction of sp³-hybridized carbons (Fsp3) is 0.929. The first-order chi connectivity index (χ1) is 8.66. The van der Waals surface area contributed by atoms with Crippen LogP contribution in [-0.2, 0) is 9.53 Å². The molecule has 1 unspecified atom stereocenters. The van der Waals surface area contributed by atoms with E-state index in [1.54, 1.807) is 27.7 Å². The Balaban J connectivity index is 3.99. The minimum absolute atomic E-state index is 0.0123. The summed E-state index contributed by atoms with van der Waals surface area (Å²) in [5, 5.41) is 5.79. The zero-order valence-electron chi connectivity index (χ0n) is 13.0. The van der Waals surface area contributed by atoms with Crippen LogP contribution in [0.15, 0.2) is 0 Å². The molecule has 0 aliphatic heterocycles. The molecule has 19 heavy (non-hydrogen) atoms. The molecule has 0 aromatic heterocycles. The summed E-state index contributed by atoms with van der Waals surface area (Å²) in [7, 11) is 0. The van der Waals surface area contributed by atoms with Crippen LogP contribution >= 0.6 is 0 Å². The molecule has 0 aliphatic rings. The molecule has 114 valence electrons. The third-order valence-electron chi connectivity index (χ3n) is 2.86. The second kappa shape index (κ2) is 8.48. The largest absolute Gasteiger partial charge is 0.371 e. The molecule has 0 bridgehead atoms. The molecule has 0 aromatic carbocycles. The maximum atomic E-state index is 14.0. The predicted octanol–water partition coefficient (Wildman–Crippen LogP) is 1.89. The van der Waals surface area contributed by atoms with Gasteiger partial charge in [-0.15, -0.1) is 0 Å². The van der Waals surface area contributed by atoms with Gasteiger partial charge < -0.3 is 15.4 Å². The van der Waals surface area contributed by atoms with E-state index in [4.69, 9.17) is 4.74 Å². The fourth-order valence-corrected chi connectivity index (χ4v) is 1.39. The van der Waals surface area contributed by atoms with Crippen LogP contribution in [-0.4, -0.2) is 43.4 Å². The van der Waals surface area contributed by atoms with Gasteiger partial charge >= 0.3 is 0 Å². The Hall–Kier alpha value is -0.680. The van der Waals surface area contributed by atoms with Crippen molar-refractivity contribution in [2.24, 2.45) is 5.92 Å². The van der Waals surface area contributed by atoms with Crippen LogP contribution in [0.3, 0.4) is 0 Å². The number of alkyl halides is 1. The second-order valence-corrected chi connectivity index (χ2v) is 5.93. The van der Waals surface area contributed by atoms with Gasteiger partial charge in [-0.05, 0) is 13.8 Å². The summed E-state index contributed by atoms with van der Waals surface area (Å²) in [5.74, 6) is -0.272. The van der Waals surface area contributed by atoms with Crippen LogP contribution in [0.2, 0.25) is 0 Å². The van der Waals surface area contributed by atoms with Gasteiger partial charge in [-0.25, -0.2) is 4.39 Å². The van der Waals surface area contributed by atoms with E-state index in [0.717, 1.165) is 0 Å². The van der Waals surface area contributed by atoms with Gasteiger partial charge in [0.15, 0.2) is 0 Å². The van der Waals surface area contributed by atoms with Crippen LogP contribution in [0.1, 0.15) is 41.5 Å². The van der Waals surface area contributed by atoms with Crippen LogP contribution in [0.5, 0.6) is 0 Å². The van der Waals surface area contributed by atoms with E-state index in [9.17, 15) is 9.18 Å². The van der Waals surface area contributed by atoms with Gasteiger partial charge in [0, 0.05) is 18.5 Å². The van der Waals surface area contributed by atoms with Crippen molar-refractivity contribution >= 4 is 5.91 Å². The number of ether oxygens (including phenoxy) is 1. The summed E-state index contributed by atoms with van der Waals surface area (Å²) in [6.07, 6.45) is -1.23.